The van der Waals surface area contributed by atoms with Crippen LogP contribution in [0.4, 0.5) is 10.1 Å². The Morgan fingerprint density at radius 3 is 2.72 bits per heavy atom. The summed E-state index contributed by atoms with van der Waals surface area (Å²) in [6.45, 7) is 3.57. The highest BCUT2D eigenvalue weighted by Gasteiger charge is 2.33. The lowest BCUT2D eigenvalue weighted by atomic mass is 9.84. The van der Waals surface area contributed by atoms with E-state index < -0.39 is 0 Å². The van der Waals surface area contributed by atoms with Crippen LogP contribution in [0.3, 0.4) is 0 Å². The molecule has 3 aliphatic rings. The number of fused-ring (bicyclic) bond motifs is 3. The lowest BCUT2D eigenvalue weighted by Crippen LogP contribution is -2.53. The first-order chi connectivity index (χ1) is 8.76. The summed E-state index contributed by atoms with van der Waals surface area (Å²) in [4.78, 5) is 2.50. The number of nitrogens with one attached hydrogen (secondary N) is 1. The number of halogens is 1. The molecule has 0 aromatic heterocycles. The molecular formula is C14H19FN2O. The summed E-state index contributed by atoms with van der Waals surface area (Å²) in [6, 6.07) is 5.48. The maximum Gasteiger partial charge on any atom is 0.165 e. The number of nitrogens with zero attached hydrogens (tertiary/aromatic N) is 1. The van der Waals surface area contributed by atoms with E-state index in [-0.39, 0.29) is 5.82 Å². The highest BCUT2D eigenvalue weighted by atomic mass is 19.1. The van der Waals surface area contributed by atoms with E-state index in [1.165, 1.54) is 39.1 Å². The second-order valence-electron chi connectivity index (χ2n) is 5.24. The number of rotatable bonds is 3. The maximum atomic E-state index is 13.3. The first kappa shape index (κ1) is 11.8. The van der Waals surface area contributed by atoms with Crippen LogP contribution in [0.15, 0.2) is 18.2 Å². The van der Waals surface area contributed by atoms with Crippen LogP contribution in [0, 0.1) is 11.7 Å². The largest absolute Gasteiger partial charge is 0.494 e. The topological polar surface area (TPSA) is 24.5 Å². The molecule has 3 aliphatic heterocycles. The molecule has 3 fully saturated rings. The van der Waals surface area contributed by atoms with Gasteiger partial charge in [-0.05, 0) is 44.0 Å². The van der Waals surface area contributed by atoms with Crippen LogP contribution < -0.4 is 10.1 Å². The van der Waals surface area contributed by atoms with Crippen LogP contribution in [-0.4, -0.2) is 37.7 Å². The molecule has 18 heavy (non-hydrogen) atoms. The molecule has 0 spiro atoms. The van der Waals surface area contributed by atoms with E-state index >= 15 is 0 Å². The summed E-state index contributed by atoms with van der Waals surface area (Å²) in [6.07, 6.45) is 2.55. The minimum atomic E-state index is -0.308. The van der Waals surface area contributed by atoms with Crippen molar-refractivity contribution < 1.29 is 9.13 Å². The molecule has 1 unspecified atom stereocenters. The van der Waals surface area contributed by atoms with Crippen molar-refractivity contribution in [3.05, 3.63) is 24.0 Å². The molecule has 3 nitrogen and oxygen atoms in total. The fourth-order valence-corrected chi connectivity index (χ4v) is 3.09. The Hall–Kier alpha value is -1.29. The van der Waals surface area contributed by atoms with E-state index in [4.69, 9.17) is 4.74 Å². The number of benzene rings is 1. The van der Waals surface area contributed by atoms with Crippen molar-refractivity contribution in [2.24, 2.45) is 5.92 Å². The summed E-state index contributed by atoms with van der Waals surface area (Å²) in [5.74, 6) is 0.754. The quantitative estimate of drug-likeness (QED) is 0.891. The van der Waals surface area contributed by atoms with Crippen molar-refractivity contribution in [1.82, 2.24) is 4.90 Å². The fraction of sp³-hybridized carbons (Fsp3) is 0.571. The molecule has 98 valence electrons. The molecular weight excluding hydrogens is 231 g/mol. The van der Waals surface area contributed by atoms with Crippen molar-refractivity contribution in [1.29, 1.82) is 0 Å². The van der Waals surface area contributed by atoms with E-state index in [1.807, 2.05) is 0 Å². The van der Waals surface area contributed by atoms with Crippen LogP contribution >= 0.6 is 0 Å². The monoisotopic (exact) mass is 250 g/mol. The van der Waals surface area contributed by atoms with Gasteiger partial charge < -0.3 is 15.0 Å². The van der Waals surface area contributed by atoms with Crippen molar-refractivity contribution >= 4 is 5.69 Å². The molecule has 0 aliphatic carbocycles. The van der Waals surface area contributed by atoms with Crippen LogP contribution in [-0.2, 0) is 0 Å². The van der Waals surface area contributed by atoms with Gasteiger partial charge in [0.2, 0.25) is 0 Å². The Labute approximate surface area is 107 Å². The van der Waals surface area contributed by atoms with Gasteiger partial charge in [0.25, 0.3) is 0 Å². The SMILES string of the molecule is COc1cc(NC2CN3CCC2CC3)ccc1F. The van der Waals surface area contributed by atoms with Gasteiger partial charge >= 0.3 is 0 Å². The molecule has 4 heteroatoms. The smallest absolute Gasteiger partial charge is 0.165 e. The van der Waals surface area contributed by atoms with Crippen molar-refractivity contribution in [2.45, 2.75) is 18.9 Å². The highest BCUT2D eigenvalue weighted by molar-refractivity contribution is 5.49. The average molecular weight is 250 g/mol. The third-order valence-corrected chi connectivity index (χ3v) is 4.16. The summed E-state index contributed by atoms with van der Waals surface area (Å²) in [5, 5.41) is 3.53. The van der Waals surface area contributed by atoms with Gasteiger partial charge in [-0.15, -0.1) is 0 Å². The Morgan fingerprint density at radius 1 is 1.33 bits per heavy atom. The minimum Gasteiger partial charge on any atom is -0.494 e. The Morgan fingerprint density at radius 2 is 2.11 bits per heavy atom. The molecule has 4 rings (SSSR count). The van der Waals surface area contributed by atoms with Gasteiger partial charge in [0.15, 0.2) is 11.6 Å². The van der Waals surface area contributed by atoms with Gasteiger partial charge in [-0.25, -0.2) is 4.39 Å². The zero-order valence-corrected chi connectivity index (χ0v) is 10.7. The molecule has 0 saturated carbocycles. The number of hydrogen-bond acceptors (Lipinski definition) is 3. The number of piperidine rings is 3. The third-order valence-electron chi connectivity index (χ3n) is 4.16. The van der Waals surface area contributed by atoms with E-state index in [9.17, 15) is 4.39 Å². The Bertz CT molecular complexity index is 430. The molecule has 0 amide bonds. The molecule has 3 heterocycles. The van der Waals surface area contributed by atoms with Crippen LogP contribution in [0.1, 0.15) is 12.8 Å². The van der Waals surface area contributed by atoms with Crippen LogP contribution in [0.2, 0.25) is 0 Å². The highest BCUT2D eigenvalue weighted by Crippen LogP contribution is 2.30. The second kappa shape index (κ2) is 4.76. The van der Waals surface area contributed by atoms with Gasteiger partial charge in [0.05, 0.1) is 7.11 Å². The molecule has 1 N–H and O–H groups in total. The summed E-state index contributed by atoms with van der Waals surface area (Å²) >= 11 is 0. The lowest BCUT2D eigenvalue weighted by Gasteiger charge is -2.45. The predicted molar refractivity (Wildman–Crippen MR) is 69.5 cm³/mol. The van der Waals surface area contributed by atoms with Gasteiger partial charge in [0, 0.05) is 24.3 Å². The summed E-state index contributed by atoms with van der Waals surface area (Å²) in [7, 11) is 1.50. The number of anilines is 1. The van der Waals surface area contributed by atoms with Crippen LogP contribution in [0.5, 0.6) is 5.75 Å². The molecule has 3 saturated heterocycles. The average Bonchev–Trinajstić information content (AvgIpc) is 2.42. The molecule has 2 bridgehead atoms. The Kier molecular flexibility index (Phi) is 3.12. The molecule has 1 atom stereocenters. The third kappa shape index (κ3) is 2.17. The minimum absolute atomic E-state index is 0.307. The van der Waals surface area contributed by atoms with Gasteiger partial charge in [-0.3, -0.25) is 0 Å². The maximum absolute atomic E-state index is 13.3. The van der Waals surface area contributed by atoms with Crippen molar-refractivity contribution in [3.63, 3.8) is 0 Å². The van der Waals surface area contributed by atoms with Crippen molar-refractivity contribution in [2.75, 3.05) is 32.1 Å². The molecule has 1 aromatic rings. The van der Waals surface area contributed by atoms with Crippen LogP contribution in [0.25, 0.3) is 0 Å². The first-order valence-corrected chi connectivity index (χ1v) is 6.58. The van der Waals surface area contributed by atoms with Crippen molar-refractivity contribution in [3.8, 4) is 5.75 Å². The number of ether oxygens (including phenoxy) is 1. The van der Waals surface area contributed by atoms with Gasteiger partial charge in [-0.1, -0.05) is 0 Å². The van der Waals surface area contributed by atoms with Gasteiger partial charge in [-0.2, -0.15) is 0 Å². The predicted octanol–water partition coefficient (Wildman–Crippen LogP) is 2.34. The zero-order chi connectivity index (χ0) is 12.5. The van der Waals surface area contributed by atoms with E-state index in [2.05, 4.69) is 10.2 Å². The normalized spacial score (nSPS) is 30.2. The summed E-state index contributed by atoms with van der Waals surface area (Å²) < 4.78 is 18.3. The molecule has 0 radical (unpaired) electrons. The van der Waals surface area contributed by atoms with E-state index in [0.29, 0.717) is 11.8 Å². The Balaban J connectivity index is 1.72. The van der Waals surface area contributed by atoms with E-state index in [0.717, 1.165) is 18.2 Å². The second-order valence-corrected chi connectivity index (χ2v) is 5.24. The standard InChI is InChI=1S/C14H19FN2O/c1-18-14-8-11(2-3-12(14)15)16-13-9-17-6-4-10(13)5-7-17/h2-3,8,10,13,16H,4-7,9H2,1H3. The van der Waals surface area contributed by atoms with E-state index in [1.54, 1.807) is 12.1 Å². The zero-order valence-electron chi connectivity index (χ0n) is 10.7. The molecule has 1 aromatic carbocycles. The van der Waals surface area contributed by atoms with Gasteiger partial charge in [0.1, 0.15) is 0 Å². The number of methoxy groups -OCH3 is 1. The first-order valence-electron chi connectivity index (χ1n) is 6.58. The fourth-order valence-electron chi connectivity index (χ4n) is 3.09. The summed E-state index contributed by atoms with van der Waals surface area (Å²) in [5.41, 5.74) is 0.951. The number of hydrogen-bond donors (Lipinski definition) is 1. The lowest BCUT2D eigenvalue weighted by molar-refractivity contribution is 0.0975.